The molecule has 0 bridgehead atoms. The smallest absolute Gasteiger partial charge is 0.248 e. The van der Waals surface area contributed by atoms with E-state index < -0.39 is 5.92 Å². The molecule has 1 saturated carbocycles. The van der Waals surface area contributed by atoms with Gasteiger partial charge in [0.25, 0.3) is 0 Å². The highest BCUT2D eigenvalue weighted by Gasteiger charge is 2.37. The molecular weight excluding hydrogens is 232 g/mol. The minimum Gasteiger partial charge on any atom is -0.314 e. The van der Waals surface area contributed by atoms with E-state index in [-0.39, 0.29) is 12.8 Å². The summed E-state index contributed by atoms with van der Waals surface area (Å²) in [4.78, 5) is 0. The number of hydrogen-bond donors (Lipinski definition) is 1. The summed E-state index contributed by atoms with van der Waals surface area (Å²) in [5.74, 6) is -1.25. The average Bonchev–Trinajstić information content (AvgIpc) is 2.30. The van der Waals surface area contributed by atoms with Crippen molar-refractivity contribution in [2.45, 2.75) is 77.7 Å². The zero-order chi connectivity index (χ0) is 13.6. The van der Waals surface area contributed by atoms with Gasteiger partial charge in [-0.15, -0.1) is 0 Å². The van der Waals surface area contributed by atoms with Crippen molar-refractivity contribution >= 4 is 0 Å². The van der Waals surface area contributed by atoms with Crippen LogP contribution in [0.15, 0.2) is 0 Å². The van der Waals surface area contributed by atoms with Crippen LogP contribution in [0.25, 0.3) is 0 Å². The van der Waals surface area contributed by atoms with E-state index in [1.807, 2.05) is 0 Å². The average molecular weight is 261 g/mol. The van der Waals surface area contributed by atoms with Gasteiger partial charge in [-0.05, 0) is 50.5 Å². The predicted octanol–water partition coefficient (Wildman–Crippen LogP) is 4.62. The first-order valence-electron chi connectivity index (χ1n) is 7.56. The Bertz CT molecular complexity index is 219. The molecule has 0 aromatic carbocycles. The van der Waals surface area contributed by atoms with E-state index in [0.717, 1.165) is 19.4 Å². The second-order valence-corrected chi connectivity index (χ2v) is 6.23. The molecule has 1 nitrogen and oxygen atoms in total. The first kappa shape index (κ1) is 15.9. The molecule has 1 N–H and O–H groups in total. The Morgan fingerprint density at radius 3 is 2.28 bits per heavy atom. The fourth-order valence-electron chi connectivity index (χ4n) is 2.81. The van der Waals surface area contributed by atoms with Crippen LogP contribution in [-0.2, 0) is 0 Å². The lowest BCUT2D eigenvalue weighted by molar-refractivity contribution is -0.0500. The monoisotopic (exact) mass is 261 g/mol. The lowest BCUT2D eigenvalue weighted by atomic mass is 9.80. The molecule has 18 heavy (non-hydrogen) atoms. The van der Waals surface area contributed by atoms with Gasteiger partial charge < -0.3 is 5.32 Å². The molecule has 1 aliphatic rings. The second kappa shape index (κ2) is 7.42. The SMILES string of the molecule is CCCNC(CCC(C)C)C1CCC(F)(F)CC1. The van der Waals surface area contributed by atoms with Crippen molar-refractivity contribution < 1.29 is 8.78 Å². The van der Waals surface area contributed by atoms with Gasteiger partial charge in [-0.3, -0.25) is 0 Å². The Morgan fingerprint density at radius 2 is 1.78 bits per heavy atom. The van der Waals surface area contributed by atoms with Crippen molar-refractivity contribution in [2.75, 3.05) is 6.54 Å². The van der Waals surface area contributed by atoms with Crippen molar-refractivity contribution in [3.8, 4) is 0 Å². The molecule has 0 spiro atoms. The van der Waals surface area contributed by atoms with Gasteiger partial charge in [-0.25, -0.2) is 8.78 Å². The zero-order valence-electron chi connectivity index (χ0n) is 12.1. The van der Waals surface area contributed by atoms with Crippen LogP contribution in [0.3, 0.4) is 0 Å². The van der Waals surface area contributed by atoms with Gasteiger partial charge in [0.2, 0.25) is 5.92 Å². The summed E-state index contributed by atoms with van der Waals surface area (Å²) >= 11 is 0. The van der Waals surface area contributed by atoms with Crippen LogP contribution in [0.1, 0.15) is 65.7 Å². The summed E-state index contributed by atoms with van der Waals surface area (Å²) in [5.41, 5.74) is 0. The second-order valence-electron chi connectivity index (χ2n) is 6.23. The fourth-order valence-corrected chi connectivity index (χ4v) is 2.81. The van der Waals surface area contributed by atoms with Crippen LogP contribution in [0.4, 0.5) is 8.78 Å². The first-order valence-corrected chi connectivity index (χ1v) is 7.56. The molecule has 1 rings (SSSR count). The van der Waals surface area contributed by atoms with Gasteiger partial charge >= 0.3 is 0 Å². The van der Waals surface area contributed by atoms with Crippen LogP contribution in [0, 0.1) is 11.8 Å². The van der Waals surface area contributed by atoms with Gasteiger partial charge in [0.1, 0.15) is 0 Å². The third-order valence-electron chi connectivity index (χ3n) is 4.04. The zero-order valence-corrected chi connectivity index (χ0v) is 12.1. The van der Waals surface area contributed by atoms with Gasteiger partial charge in [0, 0.05) is 18.9 Å². The fraction of sp³-hybridized carbons (Fsp3) is 1.00. The van der Waals surface area contributed by atoms with Crippen LogP contribution in [0.2, 0.25) is 0 Å². The Kier molecular flexibility index (Phi) is 6.54. The summed E-state index contributed by atoms with van der Waals surface area (Å²) in [5, 5.41) is 3.58. The Hall–Kier alpha value is -0.180. The molecular formula is C15H29F2N. The topological polar surface area (TPSA) is 12.0 Å². The normalized spacial score (nSPS) is 22.3. The molecule has 0 aliphatic heterocycles. The number of hydrogen-bond acceptors (Lipinski definition) is 1. The van der Waals surface area contributed by atoms with Crippen molar-refractivity contribution in [1.82, 2.24) is 5.32 Å². The summed E-state index contributed by atoms with van der Waals surface area (Å²) in [6.07, 6.45) is 4.98. The largest absolute Gasteiger partial charge is 0.314 e. The van der Waals surface area contributed by atoms with Crippen molar-refractivity contribution in [3.05, 3.63) is 0 Å². The quantitative estimate of drug-likeness (QED) is 0.705. The van der Waals surface area contributed by atoms with E-state index in [2.05, 4.69) is 26.1 Å². The molecule has 3 heteroatoms. The molecule has 0 radical (unpaired) electrons. The van der Waals surface area contributed by atoms with Crippen LogP contribution < -0.4 is 5.32 Å². The minimum atomic E-state index is -2.40. The minimum absolute atomic E-state index is 0.0870. The van der Waals surface area contributed by atoms with E-state index in [1.54, 1.807) is 0 Å². The van der Waals surface area contributed by atoms with E-state index in [4.69, 9.17) is 0 Å². The molecule has 0 aromatic rings. The van der Waals surface area contributed by atoms with E-state index in [1.165, 1.54) is 6.42 Å². The van der Waals surface area contributed by atoms with Gasteiger partial charge in [0.05, 0.1) is 0 Å². The van der Waals surface area contributed by atoms with Gasteiger partial charge in [-0.2, -0.15) is 0 Å². The Morgan fingerprint density at radius 1 is 1.17 bits per heavy atom. The maximum atomic E-state index is 13.2. The molecule has 0 saturated heterocycles. The molecule has 0 aromatic heterocycles. The van der Waals surface area contributed by atoms with E-state index in [0.29, 0.717) is 30.7 Å². The molecule has 1 atom stereocenters. The van der Waals surface area contributed by atoms with Gasteiger partial charge in [-0.1, -0.05) is 20.8 Å². The third-order valence-corrected chi connectivity index (χ3v) is 4.04. The molecule has 1 fully saturated rings. The number of halogens is 2. The summed E-state index contributed by atoms with van der Waals surface area (Å²) < 4.78 is 26.4. The maximum Gasteiger partial charge on any atom is 0.248 e. The third kappa shape index (κ3) is 5.64. The van der Waals surface area contributed by atoms with Crippen LogP contribution in [-0.4, -0.2) is 18.5 Å². The Labute approximate surface area is 111 Å². The molecule has 0 heterocycles. The summed E-state index contributed by atoms with van der Waals surface area (Å²) in [6.45, 7) is 7.62. The highest BCUT2D eigenvalue weighted by molar-refractivity contribution is 4.85. The summed E-state index contributed by atoms with van der Waals surface area (Å²) in [7, 11) is 0. The lowest BCUT2D eigenvalue weighted by Crippen LogP contribution is -2.40. The highest BCUT2D eigenvalue weighted by Crippen LogP contribution is 2.38. The van der Waals surface area contributed by atoms with Crippen molar-refractivity contribution in [3.63, 3.8) is 0 Å². The van der Waals surface area contributed by atoms with Gasteiger partial charge in [0.15, 0.2) is 0 Å². The standard InChI is InChI=1S/C15H29F2N/c1-4-11-18-14(6-5-12(2)3)13-7-9-15(16,17)10-8-13/h12-14,18H,4-11H2,1-3H3. The summed E-state index contributed by atoms with van der Waals surface area (Å²) in [6, 6.07) is 0.448. The van der Waals surface area contributed by atoms with Crippen LogP contribution >= 0.6 is 0 Å². The van der Waals surface area contributed by atoms with Crippen LogP contribution in [0.5, 0.6) is 0 Å². The molecule has 1 aliphatic carbocycles. The number of rotatable bonds is 7. The van der Waals surface area contributed by atoms with E-state index in [9.17, 15) is 8.78 Å². The number of alkyl halides is 2. The Balaban J connectivity index is 2.43. The molecule has 0 amide bonds. The number of nitrogens with one attached hydrogen (secondary N) is 1. The van der Waals surface area contributed by atoms with E-state index >= 15 is 0 Å². The first-order chi connectivity index (χ1) is 8.44. The lowest BCUT2D eigenvalue weighted by Gasteiger charge is -2.34. The molecule has 108 valence electrons. The molecule has 1 unspecified atom stereocenters. The maximum absolute atomic E-state index is 13.2. The highest BCUT2D eigenvalue weighted by atomic mass is 19.3. The van der Waals surface area contributed by atoms with Crippen molar-refractivity contribution in [2.24, 2.45) is 11.8 Å². The van der Waals surface area contributed by atoms with Crippen molar-refractivity contribution in [1.29, 1.82) is 0 Å². The predicted molar refractivity (Wildman–Crippen MR) is 73.1 cm³/mol.